The van der Waals surface area contributed by atoms with Crippen molar-refractivity contribution < 1.29 is 0 Å². The average Bonchev–Trinajstić information content (AvgIpc) is 2.56. The van der Waals surface area contributed by atoms with Gasteiger partial charge in [0.25, 0.3) is 0 Å². The quantitative estimate of drug-likeness (QED) is 0.458. The molecule has 0 aliphatic heterocycles. The van der Waals surface area contributed by atoms with E-state index in [0.717, 1.165) is 6.42 Å². The minimum absolute atomic E-state index is 0. The van der Waals surface area contributed by atoms with Gasteiger partial charge in [0.2, 0.25) is 0 Å². The molecule has 0 atom stereocenters. The van der Waals surface area contributed by atoms with E-state index in [1.165, 1.54) is 22.3 Å². The average molecular weight is 173 g/mol. The van der Waals surface area contributed by atoms with Gasteiger partial charge in [-0.25, -0.2) is 0 Å². The fourth-order valence-corrected chi connectivity index (χ4v) is 2.08. The Bertz CT molecular complexity index is 417. The van der Waals surface area contributed by atoms with E-state index in [9.17, 15) is 0 Å². The van der Waals surface area contributed by atoms with Gasteiger partial charge in [-0.2, -0.15) is 0 Å². The van der Waals surface area contributed by atoms with E-state index in [1.807, 2.05) is 0 Å². The third kappa shape index (κ3) is 1.32. The van der Waals surface area contributed by atoms with Gasteiger partial charge in [-0.1, -0.05) is 48.5 Å². The molecule has 0 amide bonds. The van der Waals surface area contributed by atoms with Crippen molar-refractivity contribution in [2.45, 2.75) is 6.42 Å². The van der Waals surface area contributed by atoms with Crippen molar-refractivity contribution in [1.82, 2.24) is 0 Å². The van der Waals surface area contributed by atoms with Crippen LogP contribution in [0.5, 0.6) is 0 Å². The summed E-state index contributed by atoms with van der Waals surface area (Å²) in [6, 6.07) is 17.3. The molecule has 2 aromatic carbocycles. The maximum absolute atomic E-state index is 2.22. The fourth-order valence-electron chi connectivity index (χ4n) is 2.08. The monoisotopic (exact) mass is 173 g/mol. The molecule has 0 heterocycles. The first kappa shape index (κ1) is 9.59. The molecule has 0 N–H and O–H groups in total. The van der Waals surface area contributed by atoms with Gasteiger partial charge in [-0.3, -0.25) is 0 Å². The summed E-state index contributed by atoms with van der Waals surface area (Å²) in [4.78, 5) is 0. The van der Waals surface area contributed by atoms with Crippen LogP contribution in [0.3, 0.4) is 0 Å². The Morgan fingerprint density at radius 1 is 0.643 bits per heavy atom. The van der Waals surface area contributed by atoms with Crippen LogP contribution >= 0.6 is 0 Å². The smallest absolute Gasteiger partial charge is 0 e. The normalized spacial score (nSPS) is 11.4. The van der Waals surface area contributed by atoms with Gasteiger partial charge in [-0.05, 0) is 28.7 Å². The van der Waals surface area contributed by atoms with Crippen LogP contribution < -0.4 is 0 Å². The molecule has 0 aromatic heterocycles. The molecule has 1 radical (unpaired) electrons. The molecule has 1 aliphatic rings. The van der Waals surface area contributed by atoms with E-state index in [2.05, 4.69) is 48.5 Å². The first-order chi connectivity index (χ1) is 6.45. The molecule has 0 saturated carbocycles. The third-order valence-electron chi connectivity index (χ3n) is 2.71. The SMILES string of the molecule is [Li].c1ccc2c(c1)Cc1ccccc1-2. The van der Waals surface area contributed by atoms with Crippen LogP contribution in [0.1, 0.15) is 11.1 Å². The number of hydrogen-bond acceptors (Lipinski definition) is 0. The molecule has 1 aliphatic carbocycles. The zero-order valence-corrected chi connectivity index (χ0v) is 8.33. The van der Waals surface area contributed by atoms with E-state index < -0.39 is 0 Å². The van der Waals surface area contributed by atoms with Crippen molar-refractivity contribution in [3.05, 3.63) is 59.7 Å². The summed E-state index contributed by atoms with van der Waals surface area (Å²) in [6.45, 7) is 0. The molecule has 0 fully saturated rings. The Morgan fingerprint density at radius 3 is 1.57 bits per heavy atom. The topological polar surface area (TPSA) is 0 Å². The summed E-state index contributed by atoms with van der Waals surface area (Å²) < 4.78 is 0. The van der Waals surface area contributed by atoms with Gasteiger partial charge in [0.1, 0.15) is 0 Å². The minimum atomic E-state index is 0. The molecule has 0 unspecified atom stereocenters. The molecule has 1 heteroatoms. The predicted molar refractivity (Wildman–Crippen MR) is 60.4 cm³/mol. The standard InChI is InChI=1S/C13H10.Li/c1-3-7-12-10(5-1)9-11-6-2-4-8-13(11)12;/h1-8H,9H2;. The van der Waals surface area contributed by atoms with Crippen molar-refractivity contribution in [2.75, 3.05) is 0 Å². The van der Waals surface area contributed by atoms with Crippen LogP contribution in [0, 0.1) is 0 Å². The first-order valence-electron chi connectivity index (χ1n) is 4.61. The zero-order valence-electron chi connectivity index (χ0n) is 8.33. The van der Waals surface area contributed by atoms with Gasteiger partial charge in [0.15, 0.2) is 0 Å². The molecule has 14 heavy (non-hydrogen) atoms. The van der Waals surface area contributed by atoms with Gasteiger partial charge >= 0.3 is 0 Å². The van der Waals surface area contributed by atoms with Gasteiger partial charge in [0.05, 0.1) is 0 Å². The third-order valence-corrected chi connectivity index (χ3v) is 2.71. The first-order valence-corrected chi connectivity index (χ1v) is 4.61. The molecule has 3 rings (SSSR count). The second-order valence-corrected chi connectivity index (χ2v) is 3.49. The van der Waals surface area contributed by atoms with Crippen molar-refractivity contribution in [3.63, 3.8) is 0 Å². The Hall–Kier alpha value is -0.963. The summed E-state index contributed by atoms with van der Waals surface area (Å²) in [5.74, 6) is 0. The summed E-state index contributed by atoms with van der Waals surface area (Å²) in [5.41, 5.74) is 5.75. The molecule has 0 bridgehead atoms. The van der Waals surface area contributed by atoms with E-state index in [1.54, 1.807) is 0 Å². The van der Waals surface area contributed by atoms with Crippen LogP contribution in [0.4, 0.5) is 0 Å². The minimum Gasteiger partial charge on any atom is -0.0619 e. The van der Waals surface area contributed by atoms with E-state index in [0.29, 0.717) is 0 Å². The summed E-state index contributed by atoms with van der Waals surface area (Å²) in [6.07, 6.45) is 1.10. The van der Waals surface area contributed by atoms with Crippen molar-refractivity contribution in [1.29, 1.82) is 0 Å². The van der Waals surface area contributed by atoms with Gasteiger partial charge in [-0.15, -0.1) is 0 Å². The van der Waals surface area contributed by atoms with Crippen molar-refractivity contribution in [3.8, 4) is 11.1 Å². The molecule has 0 saturated heterocycles. The van der Waals surface area contributed by atoms with Crippen molar-refractivity contribution in [2.24, 2.45) is 0 Å². The van der Waals surface area contributed by atoms with Crippen LogP contribution in [-0.4, -0.2) is 18.9 Å². The number of hydrogen-bond donors (Lipinski definition) is 0. The fraction of sp³-hybridized carbons (Fsp3) is 0.0769. The second kappa shape index (κ2) is 3.65. The number of rotatable bonds is 0. The summed E-state index contributed by atoms with van der Waals surface area (Å²) >= 11 is 0. The van der Waals surface area contributed by atoms with E-state index in [4.69, 9.17) is 0 Å². The van der Waals surface area contributed by atoms with Crippen LogP contribution in [0.25, 0.3) is 11.1 Å². The van der Waals surface area contributed by atoms with Crippen molar-refractivity contribution >= 4 is 18.9 Å². The van der Waals surface area contributed by atoms with Crippen LogP contribution in [0.2, 0.25) is 0 Å². The molecular weight excluding hydrogens is 163 g/mol. The van der Waals surface area contributed by atoms with E-state index >= 15 is 0 Å². The summed E-state index contributed by atoms with van der Waals surface area (Å²) in [7, 11) is 0. The Kier molecular flexibility index (Phi) is 2.50. The second-order valence-electron chi connectivity index (χ2n) is 3.49. The molecular formula is C13H10Li. The predicted octanol–water partition coefficient (Wildman–Crippen LogP) is 2.88. The molecule has 0 spiro atoms. The molecule has 63 valence electrons. The van der Waals surface area contributed by atoms with Crippen LogP contribution in [0.15, 0.2) is 48.5 Å². The molecule has 0 nitrogen and oxygen atoms in total. The zero-order chi connectivity index (χ0) is 8.67. The van der Waals surface area contributed by atoms with Crippen LogP contribution in [-0.2, 0) is 6.42 Å². The van der Waals surface area contributed by atoms with Gasteiger partial charge in [0, 0.05) is 18.9 Å². The largest absolute Gasteiger partial charge is 0.0619 e. The number of fused-ring (bicyclic) bond motifs is 3. The van der Waals surface area contributed by atoms with E-state index in [-0.39, 0.29) is 18.9 Å². The Labute approximate surface area is 96.1 Å². The number of benzene rings is 2. The molecule has 2 aromatic rings. The Balaban J connectivity index is 0.000000750. The Morgan fingerprint density at radius 2 is 1.07 bits per heavy atom. The summed E-state index contributed by atoms with van der Waals surface area (Å²) in [5, 5.41) is 0. The van der Waals surface area contributed by atoms with Gasteiger partial charge < -0.3 is 0 Å². The maximum atomic E-state index is 2.22. The maximum Gasteiger partial charge on any atom is 0 e.